The van der Waals surface area contributed by atoms with E-state index in [1.54, 1.807) is 11.8 Å². The summed E-state index contributed by atoms with van der Waals surface area (Å²) >= 11 is 1.75. The average molecular weight is 379 g/mol. The Morgan fingerprint density at radius 1 is 1.12 bits per heavy atom. The number of thioether (sulfide) groups is 1. The number of β-amino-alcohol motifs (C(OH)–C–C–N with tert-alkyl or cyclic N) is 1. The molecule has 3 rings (SSSR count). The maximum Gasteiger partial charge on any atom is 0.251 e. The molecule has 0 radical (unpaired) electrons. The van der Waals surface area contributed by atoms with Crippen LogP contribution in [0.15, 0.2) is 59.5 Å². The molecule has 134 valence electrons. The number of nitrogens with one attached hydrogen (secondary N) is 2. The number of hydrogen-bond donors (Lipinski definition) is 3. The van der Waals surface area contributed by atoms with Crippen LogP contribution in [0.2, 0.25) is 0 Å². The summed E-state index contributed by atoms with van der Waals surface area (Å²) in [6, 6.07) is 18.0. The van der Waals surface area contributed by atoms with E-state index in [1.165, 1.54) is 5.56 Å². The van der Waals surface area contributed by atoms with Crippen molar-refractivity contribution in [3.05, 3.63) is 65.7 Å². The molecule has 6 heteroatoms. The maximum absolute atomic E-state index is 12.2. The molecular formula is C19H23ClN2O2S. The molecule has 2 aromatic rings. The van der Waals surface area contributed by atoms with Crippen LogP contribution in [-0.4, -0.2) is 36.8 Å². The van der Waals surface area contributed by atoms with Gasteiger partial charge >= 0.3 is 0 Å². The van der Waals surface area contributed by atoms with Gasteiger partial charge in [-0.2, -0.15) is 0 Å². The van der Waals surface area contributed by atoms with E-state index in [1.807, 2.05) is 42.5 Å². The summed E-state index contributed by atoms with van der Waals surface area (Å²) in [5.41, 5.74) is 1.94. The fourth-order valence-electron chi connectivity index (χ4n) is 2.70. The zero-order valence-corrected chi connectivity index (χ0v) is 15.5. The average Bonchev–Trinajstić information content (AvgIpc) is 3.04. The number of aliphatic hydroxyl groups is 1. The van der Waals surface area contributed by atoms with Crippen molar-refractivity contribution in [3.63, 3.8) is 0 Å². The Morgan fingerprint density at radius 3 is 2.48 bits per heavy atom. The number of hydrogen-bond acceptors (Lipinski definition) is 4. The van der Waals surface area contributed by atoms with Crippen molar-refractivity contribution in [2.75, 3.05) is 19.6 Å². The highest BCUT2D eigenvalue weighted by Gasteiger charge is 2.25. The molecular weight excluding hydrogens is 356 g/mol. The Labute approximate surface area is 158 Å². The molecule has 4 nitrogen and oxygen atoms in total. The van der Waals surface area contributed by atoms with Crippen LogP contribution < -0.4 is 10.6 Å². The molecule has 0 spiro atoms. The van der Waals surface area contributed by atoms with Gasteiger partial charge < -0.3 is 15.7 Å². The van der Waals surface area contributed by atoms with Gasteiger partial charge in [0.1, 0.15) is 0 Å². The van der Waals surface area contributed by atoms with Crippen molar-refractivity contribution >= 4 is 30.1 Å². The molecule has 1 amide bonds. The Bertz CT molecular complexity index is 667. The van der Waals surface area contributed by atoms with Gasteiger partial charge in [-0.3, -0.25) is 4.79 Å². The number of benzene rings is 2. The van der Waals surface area contributed by atoms with E-state index >= 15 is 0 Å². The van der Waals surface area contributed by atoms with Gasteiger partial charge in [0, 0.05) is 41.8 Å². The first-order valence-corrected chi connectivity index (χ1v) is 9.15. The SMILES string of the molecule is Cl.O=C(NCC1CNCC1O)c1ccc(SCc2ccccc2)cc1. The highest BCUT2D eigenvalue weighted by Crippen LogP contribution is 2.23. The molecule has 2 atom stereocenters. The Balaban J connectivity index is 0.00000225. The molecule has 1 heterocycles. The van der Waals surface area contributed by atoms with Crippen LogP contribution in [-0.2, 0) is 5.75 Å². The Hall–Kier alpha value is -1.53. The van der Waals surface area contributed by atoms with Gasteiger partial charge in [-0.25, -0.2) is 0 Å². The minimum absolute atomic E-state index is 0. The van der Waals surface area contributed by atoms with E-state index in [0.29, 0.717) is 18.7 Å². The van der Waals surface area contributed by atoms with Crippen LogP contribution in [0.25, 0.3) is 0 Å². The summed E-state index contributed by atoms with van der Waals surface area (Å²) in [6.07, 6.45) is -0.373. The Kier molecular flexibility index (Phi) is 7.78. The summed E-state index contributed by atoms with van der Waals surface area (Å²) in [5, 5.41) is 15.8. The molecule has 0 aromatic heterocycles. The van der Waals surface area contributed by atoms with E-state index in [2.05, 4.69) is 22.8 Å². The molecule has 2 unspecified atom stereocenters. The van der Waals surface area contributed by atoms with Gasteiger partial charge in [-0.1, -0.05) is 30.3 Å². The molecule has 0 aliphatic carbocycles. The van der Waals surface area contributed by atoms with Gasteiger partial charge in [-0.15, -0.1) is 24.2 Å². The lowest BCUT2D eigenvalue weighted by atomic mass is 10.1. The van der Waals surface area contributed by atoms with Gasteiger partial charge in [0.15, 0.2) is 0 Å². The molecule has 1 aliphatic heterocycles. The summed E-state index contributed by atoms with van der Waals surface area (Å²) in [5.74, 6) is 0.919. The van der Waals surface area contributed by atoms with Crippen molar-refractivity contribution in [2.24, 2.45) is 5.92 Å². The lowest BCUT2D eigenvalue weighted by molar-refractivity contribution is 0.0927. The molecule has 0 bridgehead atoms. The quantitative estimate of drug-likeness (QED) is 0.676. The predicted octanol–water partition coefficient (Wildman–Crippen LogP) is 2.71. The number of rotatable bonds is 6. The largest absolute Gasteiger partial charge is 0.391 e. The first-order valence-electron chi connectivity index (χ1n) is 8.16. The number of carbonyl (C=O) groups is 1. The molecule has 25 heavy (non-hydrogen) atoms. The molecule has 3 N–H and O–H groups in total. The van der Waals surface area contributed by atoms with E-state index in [-0.39, 0.29) is 30.3 Å². The zero-order valence-electron chi connectivity index (χ0n) is 13.9. The standard InChI is InChI=1S/C19H22N2O2S.ClH/c22-18-12-20-10-16(18)11-21-19(23)15-6-8-17(9-7-15)24-13-14-4-2-1-3-5-14;/h1-9,16,18,20,22H,10-13H2,(H,21,23);1H. The summed E-state index contributed by atoms with van der Waals surface area (Å²) in [4.78, 5) is 13.3. The van der Waals surface area contributed by atoms with Crippen LogP contribution in [0.3, 0.4) is 0 Å². The summed E-state index contributed by atoms with van der Waals surface area (Å²) < 4.78 is 0. The maximum atomic E-state index is 12.2. The fourth-order valence-corrected chi connectivity index (χ4v) is 3.55. The van der Waals surface area contributed by atoms with Crippen LogP contribution in [0.5, 0.6) is 0 Å². The Morgan fingerprint density at radius 2 is 1.84 bits per heavy atom. The molecule has 0 saturated carbocycles. The molecule has 1 aliphatic rings. The second-order valence-corrected chi connectivity index (χ2v) is 7.04. The topological polar surface area (TPSA) is 61.4 Å². The monoisotopic (exact) mass is 378 g/mol. The second kappa shape index (κ2) is 9.82. The minimum Gasteiger partial charge on any atom is -0.391 e. The first kappa shape index (κ1) is 19.8. The summed E-state index contributed by atoms with van der Waals surface area (Å²) in [6.45, 7) is 1.85. The van der Waals surface area contributed by atoms with Crippen LogP contribution in [0, 0.1) is 5.92 Å². The van der Waals surface area contributed by atoms with E-state index in [4.69, 9.17) is 0 Å². The van der Waals surface area contributed by atoms with Crippen LogP contribution in [0.4, 0.5) is 0 Å². The normalized spacial score (nSPS) is 19.2. The van der Waals surface area contributed by atoms with Crippen molar-refractivity contribution in [3.8, 4) is 0 Å². The summed E-state index contributed by atoms with van der Waals surface area (Å²) in [7, 11) is 0. The lowest BCUT2D eigenvalue weighted by Crippen LogP contribution is -2.34. The lowest BCUT2D eigenvalue weighted by Gasteiger charge is -2.14. The molecule has 2 aromatic carbocycles. The van der Waals surface area contributed by atoms with Gasteiger partial charge in [0.05, 0.1) is 6.10 Å². The number of amides is 1. The van der Waals surface area contributed by atoms with Gasteiger partial charge in [-0.05, 0) is 29.8 Å². The minimum atomic E-state index is -0.373. The third-order valence-electron chi connectivity index (χ3n) is 4.19. The van der Waals surface area contributed by atoms with Crippen molar-refractivity contribution < 1.29 is 9.90 Å². The first-order chi connectivity index (χ1) is 11.7. The van der Waals surface area contributed by atoms with Crippen molar-refractivity contribution in [2.45, 2.75) is 16.8 Å². The van der Waals surface area contributed by atoms with E-state index in [0.717, 1.165) is 17.2 Å². The smallest absolute Gasteiger partial charge is 0.251 e. The van der Waals surface area contributed by atoms with Gasteiger partial charge in [0.2, 0.25) is 0 Å². The van der Waals surface area contributed by atoms with E-state index in [9.17, 15) is 9.90 Å². The number of carbonyl (C=O) groups excluding carboxylic acids is 1. The third kappa shape index (κ3) is 5.75. The second-order valence-electron chi connectivity index (χ2n) is 5.99. The third-order valence-corrected chi connectivity index (χ3v) is 5.28. The predicted molar refractivity (Wildman–Crippen MR) is 104 cm³/mol. The molecule has 1 fully saturated rings. The van der Waals surface area contributed by atoms with Crippen molar-refractivity contribution in [1.82, 2.24) is 10.6 Å². The van der Waals surface area contributed by atoms with Crippen molar-refractivity contribution in [1.29, 1.82) is 0 Å². The van der Waals surface area contributed by atoms with Gasteiger partial charge in [0.25, 0.3) is 5.91 Å². The highest BCUT2D eigenvalue weighted by molar-refractivity contribution is 7.98. The van der Waals surface area contributed by atoms with Crippen LogP contribution in [0.1, 0.15) is 15.9 Å². The number of halogens is 1. The van der Waals surface area contributed by atoms with Crippen LogP contribution >= 0.6 is 24.2 Å². The van der Waals surface area contributed by atoms with E-state index < -0.39 is 0 Å². The molecule has 1 saturated heterocycles. The zero-order chi connectivity index (χ0) is 16.8. The number of aliphatic hydroxyl groups excluding tert-OH is 1. The highest BCUT2D eigenvalue weighted by atomic mass is 35.5. The fraction of sp³-hybridized carbons (Fsp3) is 0.316.